The van der Waals surface area contributed by atoms with Crippen LogP contribution in [0.4, 0.5) is 0 Å². The Labute approximate surface area is 164 Å². The lowest BCUT2D eigenvalue weighted by Gasteiger charge is -2.03. The molecule has 0 fully saturated rings. The minimum atomic E-state index is -4.02. The van der Waals surface area contributed by atoms with Crippen molar-refractivity contribution in [1.82, 2.24) is 0 Å². The smallest absolute Gasteiger partial charge is 0.357 e. The van der Waals surface area contributed by atoms with Gasteiger partial charge in [0.15, 0.2) is 12.0 Å². The number of benzene rings is 2. The molecule has 0 saturated heterocycles. The summed E-state index contributed by atoms with van der Waals surface area (Å²) >= 11 is -0.461. The first kappa shape index (κ1) is 20.2. The number of nitriles is 1. The van der Waals surface area contributed by atoms with Crippen LogP contribution in [0, 0.1) is 18.5 Å². The number of sulfone groups is 1. The van der Waals surface area contributed by atoms with Crippen molar-refractivity contribution in [2.75, 3.05) is 6.61 Å². The van der Waals surface area contributed by atoms with Gasteiger partial charge in [0.05, 0.1) is 11.5 Å². The summed E-state index contributed by atoms with van der Waals surface area (Å²) in [5.74, 6) is 2.28. The molecule has 7 heteroatoms. The SMILES string of the molecule is CCCCOc1ccc([I+]c2ccc(S(=O)(=O)C(=C=[N-])C#N)cc2)cc1. The van der Waals surface area contributed by atoms with E-state index in [0.717, 1.165) is 22.2 Å². The lowest BCUT2D eigenvalue weighted by atomic mass is 10.3. The van der Waals surface area contributed by atoms with Gasteiger partial charge in [0.1, 0.15) is 11.8 Å². The van der Waals surface area contributed by atoms with E-state index in [1.54, 1.807) is 12.1 Å². The monoisotopic (exact) mass is 480 g/mol. The number of unbranched alkanes of at least 4 members (excludes halogenated alkanes) is 1. The van der Waals surface area contributed by atoms with E-state index in [0.29, 0.717) is 6.61 Å². The first-order valence-electron chi connectivity index (χ1n) is 7.91. The Morgan fingerprint density at radius 2 is 1.69 bits per heavy atom. The third kappa shape index (κ3) is 5.18. The predicted octanol–water partition coefficient (Wildman–Crippen LogP) is 0.414. The van der Waals surface area contributed by atoms with Crippen molar-refractivity contribution in [3.8, 4) is 11.8 Å². The molecule has 2 aromatic rings. The molecule has 0 aliphatic rings. The van der Waals surface area contributed by atoms with E-state index in [4.69, 9.17) is 15.4 Å². The van der Waals surface area contributed by atoms with Crippen LogP contribution in [0.15, 0.2) is 58.3 Å². The summed E-state index contributed by atoms with van der Waals surface area (Å²) in [4.78, 5) is -0.832. The van der Waals surface area contributed by atoms with E-state index >= 15 is 0 Å². The van der Waals surface area contributed by atoms with Crippen LogP contribution in [0.3, 0.4) is 0 Å². The van der Waals surface area contributed by atoms with Crippen molar-refractivity contribution in [2.45, 2.75) is 24.7 Å². The zero-order valence-corrected chi connectivity index (χ0v) is 17.1. The third-order valence-electron chi connectivity index (χ3n) is 3.39. The van der Waals surface area contributed by atoms with Crippen LogP contribution in [-0.2, 0) is 9.84 Å². The molecule has 134 valence electrons. The van der Waals surface area contributed by atoms with Crippen LogP contribution >= 0.6 is 0 Å². The van der Waals surface area contributed by atoms with Gasteiger partial charge in [-0.15, -0.1) is 0 Å². The molecule has 0 aliphatic carbocycles. The minimum absolute atomic E-state index is 0.0389. The van der Waals surface area contributed by atoms with Crippen LogP contribution in [-0.4, -0.2) is 20.9 Å². The van der Waals surface area contributed by atoms with Crippen molar-refractivity contribution in [3.05, 3.63) is 66.0 Å². The number of ether oxygens (including phenoxy) is 1. The van der Waals surface area contributed by atoms with E-state index in [1.807, 2.05) is 24.3 Å². The molecule has 0 aromatic heterocycles. The van der Waals surface area contributed by atoms with Gasteiger partial charge in [-0.2, -0.15) is 5.26 Å². The highest BCUT2D eigenvalue weighted by Crippen LogP contribution is 2.16. The van der Waals surface area contributed by atoms with E-state index in [9.17, 15) is 8.42 Å². The maximum atomic E-state index is 12.1. The summed E-state index contributed by atoms with van der Waals surface area (Å²) in [6.07, 6.45) is 2.12. The summed E-state index contributed by atoms with van der Waals surface area (Å²) in [7, 11) is -4.02. The van der Waals surface area contributed by atoms with Gasteiger partial charge in [-0.1, -0.05) is 13.3 Å². The second-order valence-electron chi connectivity index (χ2n) is 5.26. The van der Waals surface area contributed by atoms with Gasteiger partial charge in [-0.3, -0.25) is 0 Å². The second kappa shape index (κ2) is 9.53. The number of allylic oxidation sites excluding steroid dienone is 1. The van der Waals surface area contributed by atoms with Gasteiger partial charge in [-0.25, -0.2) is 14.3 Å². The Bertz CT molecular complexity index is 940. The molecule has 0 atom stereocenters. The Balaban J connectivity index is 2.08. The van der Waals surface area contributed by atoms with Crippen LogP contribution in [0.2, 0.25) is 0 Å². The van der Waals surface area contributed by atoms with Crippen LogP contribution in [0.5, 0.6) is 5.75 Å². The molecular formula is C19H17IN2O3S. The Kier molecular flexibility index (Phi) is 7.39. The number of halogens is 1. The lowest BCUT2D eigenvalue weighted by Crippen LogP contribution is -3.61. The molecule has 0 heterocycles. The third-order valence-corrected chi connectivity index (χ3v) is 7.69. The average molecular weight is 480 g/mol. The molecule has 2 aromatic carbocycles. The Morgan fingerprint density at radius 1 is 1.12 bits per heavy atom. The zero-order valence-electron chi connectivity index (χ0n) is 14.1. The topological polar surface area (TPSA) is 89.5 Å². The molecule has 0 aliphatic heterocycles. The maximum Gasteiger partial charge on any atom is 0.357 e. The van der Waals surface area contributed by atoms with Gasteiger partial charge in [-0.05, 0) is 55.0 Å². The van der Waals surface area contributed by atoms with Crippen molar-refractivity contribution in [2.24, 2.45) is 0 Å². The molecular weight excluding hydrogens is 463 g/mol. The summed E-state index contributed by atoms with van der Waals surface area (Å²) in [5, 5.41) is 17.5. The van der Waals surface area contributed by atoms with Crippen LogP contribution in [0.1, 0.15) is 19.8 Å². The molecule has 0 radical (unpaired) electrons. The number of hydrogen-bond acceptors (Lipinski definition) is 4. The quantitative estimate of drug-likeness (QED) is 0.237. The largest absolute Gasteiger partial charge is 0.762 e. The molecule has 0 unspecified atom stereocenters. The van der Waals surface area contributed by atoms with Gasteiger partial charge >= 0.3 is 21.2 Å². The Morgan fingerprint density at radius 3 is 2.19 bits per heavy atom. The van der Waals surface area contributed by atoms with Crippen molar-refractivity contribution < 1.29 is 34.4 Å². The standard InChI is InChI=1S/C19H17IN2O3S/c1-2-3-12-25-17-8-4-15(5-9-17)20-16-6-10-18(11-7-16)26(23,24)19(13-21)14-22/h4-11H,2-3,12H2,1H3. The second-order valence-corrected chi connectivity index (χ2v) is 10.2. The van der Waals surface area contributed by atoms with E-state index < -0.39 is 35.9 Å². The molecule has 0 amide bonds. The van der Waals surface area contributed by atoms with E-state index in [2.05, 4.69) is 6.92 Å². The molecule has 0 bridgehead atoms. The first-order valence-corrected chi connectivity index (χ1v) is 11.6. The van der Waals surface area contributed by atoms with Crippen LogP contribution < -0.4 is 25.9 Å². The van der Waals surface area contributed by atoms with Crippen molar-refractivity contribution in [3.63, 3.8) is 0 Å². The lowest BCUT2D eigenvalue weighted by molar-refractivity contribution is -0.597. The van der Waals surface area contributed by atoms with E-state index in [-0.39, 0.29) is 4.90 Å². The summed E-state index contributed by atoms with van der Waals surface area (Å²) in [6.45, 7) is 2.83. The normalized spacial score (nSPS) is 10.6. The highest BCUT2D eigenvalue weighted by molar-refractivity contribution is 7.96. The molecule has 0 N–H and O–H groups in total. The van der Waals surface area contributed by atoms with Crippen molar-refractivity contribution >= 4 is 15.7 Å². The van der Waals surface area contributed by atoms with Gasteiger partial charge in [0, 0.05) is 0 Å². The fraction of sp³-hybridized carbons (Fsp3) is 0.211. The number of rotatable bonds is 8. The van der Waals surface area contributed by atoms with E-state index in [1.165, 1.54) is 27.6 Å². The van der Waals surface area contributed by atoms with Gasteiger partial charge in [0.25, 0.3) is 0 Å². The fourth-order valence-corrected chi connectivity index (χ4v) is 5.12. The Hall–Kier alpha value is -2.14. The summed E-state index contributed by atoms with van der Waals surface area (Å²) < 4.78 is 32.1. The highest BCUT2D eigenvalue weighted by Gasteiger charge is 2.21. The average Bonchev–Trinajstić information content (AvgIpc) is 2.64. The molecule has 0 saturated carbocycles. The number of nitrogens with zero attached hydrogens (tertiary/aromatic N) is 2. The van der Waals surface area contributed by atoms with Crippen LogP contribution in [0.25, 0.3) is 5.41 Å². The molecule has 0 spiro atoms. The molecule has 5 nitrogen and oxygen atoms in total. The first-order chi connectivity index (χ1) is 12.5. The summed E-state index contributed by atoms with van der Waals surface area (Å²) in [5.41, 5.74) is 0. The zero-order chi connectivity index (χ0) is 19.0. The number of hydrogen-bond donors (Lipinski definition) is 0. The van der Waals surface area contributed by atoms with Gasteiger partial charge in [0.2, 0.25) is 9.84 Å². The molecule has 2 rings (SSSR count). The van der Waals surface area contributed by atoms with Gasteiger partial charge < -0.3 is 10.1 Å². The van der Waals surface area contributed by atoms with Crippen molar-refractivity contribution in [1.29, 1.82) is 5.26 Å². The molecule has 26 heavy (non-hydrogen) atoms. The minimum Gasteiger partial charge on any atom is -0.762 e. The fourth-order valence-electron chi connectivity index (χ4n) is 1.99. The summed E-state index contributed by atoms with van der Waals surface area (Å²) in [6, 6.07) is 15.7. The highest BCUT2D eigenvalue weighted by atomic mass is 127. The predicted molar refractivity (Wildman–Crippen MR) is 95.4 cm³/mol. The maximum absolute atomic E-state index is 12.1.